The first-order valence-electron chi connectivity index (χ1n) is 6.80. The molecule has 1 aromatic carbocycles. The molecule has 2 rings (SSSR count). The van der Waals surface area contributed by atoms with Gasteiger partial charge < -0.3 is 10.6 Å². The summed E-state index contributed by atoms with van der Waals surface area (Å²) in [4.78, 5) is 23.7. The number of aryl methyl sites for hydroxylation is 1. The maximum Gasteiger partial charge on any atom is 0.284 e. The highest BCUT2D eigenvalue weighted by Crippen LogP contribution is 2.24. The third-order valence-electron chi connectivity index (χ3n) is 3.02. The van der Waals surface area contributed by atoms with Crippen molar-refractivity contribution < 1.29 is 18.4 Å². The Labute approximate surface area is 135 Å². The van der Waals surface area contributed by atoms with Crippen molar-refractivity contribution in [3.8, 4) is 6.07 Å². The average molecular weight is 333 g/mol. The number of carbonyl (C=O) groups is 2. The van der Waals surface area contributed by atoms with E-state index >= 15 is 0 Å². The number of carbonyl (C=O) groups excluding carboxylic acids is 2. The molecule has 7 nitrogen and oxygen atoms in total. The van der Waals surface area contributed by atoms with E-state index in [1.165, 1.54) is 37.5 Å². The van der Waals surface area contributed by atoms with Crippen molar-refractivity contribution >= 4 is 17.5 Å². The first kappa shape index (κ1) is 17.1. The van der Waals surface area contributed by atoms with Gasteiger partial charge in [-0.2, -0.15) is 10.4 Å². The Morgan fingerprint density at radius 2 is 2.00 bits per heavy atom. The van der Waals surface area contributed by atoms with E-state index in [1.807, 2.05) is 6.07 Å². The fraction of sp³-hybridized carbons (Fsp3) is 0.200. The van der Waals surface area contributed by atoms with Crippen molar-refractivity contribution in [2.24, 2.45) is 7.05 Å². The van der Waals surface area contributed by atoms with Crippen molar-refractivity contribution in [1.29, 1.82) is 5.26 Å². The highest BCUT2D eigenvalue weighted by molar-refractivity contribution is 5.99. The first-order valence-corrected chi connectivity index (χ1v) is 6.80. The molecule has 0 aliphatic rings. The van der Waals surface area contributed by atoms with Crippen LogP contribution in [-0.4, -0.2) is 28.1 Å². The maximum absolute atomic E-state index is 12.8. The first-order chi connectivity index (χ1) is 11.4. The lowest BCUT2D eigenvalue weighted by Crippen LogP contribution is -2.33. The SMILES string of the molecule is Cn1cc(NC(=O)CNC(=O)c2ccc(C#N)cc2)c(C(F)F)n1. The second-order valence-electron chi connectivity index (χ2n) is 4.82. The Bertz CT molecular complexity index is 793. The zero-order valence-electron chi connectivity index (χ0n) is 12.6. The Morgan fingerprint density at radius 1 is 1.33 bits per heavy atom. The summed E-state index contributed by atoms with van der Waals surface area (Å²) in [5.74, 6) is -1.18. The zero-order valence-corrected chi connectivity index (χ0v) is 12.6. The maximum atomic E-state index is 12.8. The summed E-state index contributed by atoms with van der Waals surface area (Å²) in [7, 11) is 1.45. The van der Waals surface area contributed by atoms with E-state index in [1.54, 1.807) is 0 Å². The number of amides is 2. The van der Waals surface area contributed by atoms with Gasteiger partial charge in [-0.1, -0.05) is 0 Å². The lowest BCUT2D eigenvalue weighted by molar-refractivity contribution is -0.115. The van der Waals surface area contributed by atoms with Crippen LogP contribution in [0.5, 0.6) is 0 Å². The molecule has 0 atom stereocenters. The fourth-order valence-corrected chi connectivity index (χ4v) is 1.92. The molecule has 2 N–H and O–H groups in total. The number of benzene rings is 1. The van der Waals surface area contributed by atoms with Gasteiger partial charge in [0.15, 0.2) is 5.69 Å². The van der Waals surface area contributed by atoms with E-state index in [0.29, 0.717) is 5.56 Å². The molecular formula is C15H13F2N5O2. The number of anilines is 1. The second kappa shape index (κ2) is 7.32. The van der Waals surface area contributed by atoms with Crippen LogP contribution in [0.4, 0.5) is 14.5 Å². The number of aromatic nitrogens is 2. The molecule has 0 fully saturated rings. The van der Waals surface area contributed by atoms with Crippen LogP contribution in [0.3, 0.4) is 0 Å². The molecule has 124 valence electrons. The third-order valence-corrected chi connectivity index (χ3v) is 3.02. The quantitative estimate of drug-likeness (QED) is 0.868. The number of nitriles is 1. The number of alkyl halides is 2. The molecule has 0 aliphatic heterocycles. The summed E-state index contributed by atoms with van der Waals surface area (Å²) in [6.45, 7) is -0.392. The van der Waals surface area contributed by atoms with Crippen LogP contribution in [0.1, 0.15) is 28.0 Å². The summed E-state index contributed by atoms with van der Waals surface area (Å²) in [6.07, 6.45) is -1.57. The van der Waals surface area contributed by atoms with E-state index in [4.69, 9.17) is 5.26 Å². The van der Waals surface area contributed by atoms with Gasteiger partial charge in [-0.15, -0.1) is 0 Å². The number of nitrogens with one attached hydrogen (secondary N) is 2. The predicted octanol–water partition coefficient (Wildman–Crippen LogP) is 1.60. The van der Waals surface area contributed by atoms with Gasteiger partial charge in [-0.3, -0.25) is 14.3 Å². The van der Waals surface area contributed by atoms with Gasteiger partial charge in [-0.05, 0) is 24.3 Å². The van der Waals surface area contributed by atoms with Gasteiger partial charge in [-0.25, -0.2) is 8.78 Å². The monoisotopic (exact) mass is 333 g/mol. The molecule has 0 saturated carbocycles. The Kier molecular flexibility index (Phi) is 5.21. The van der Waals surface area contributed by atoms with Gasteiger partial charge in [0.25, 0.3) is 12.3 Å². The van der Waals surface area contributed by atoms with Gasteiger partial charge in [0.1, 0.15) is 0 Å². The molecule has 0 bridgehead atoms. The van der Waals surface area contributed by atoms with Crippen molar-refractivity contribution in [3.05, 3.63) is 47.3 Å². The molecule has 9 heteroatoms. The van der Waals surface area contributed by atoms with Crippen molar-refractivity contribution in [1.82, 2.24) is 15.1 Å². The van der Waals surface area contributed by atoms with Crippen molar-refractivity contribution in [2.75, 3.05) is 11.9 Å². The topological polar surface area (TPSA) is 99.8 Å². The van der Waals surface area contributed by atoms with Crippen LogP contribution in [0.2, 0.25) is 0 Å². The van der Waals surface area contributed by atoms with Crippen LogP contribution in [-0.2, 0) is 11.8 Å². The molecule has 1 heterocycles. The molecule has 2 aromatic rings. The van der Waals surface area contributed by atoms with Gasteiger partial charge in [0.2, 0.25) is 5.91 Å². The third kappa shape index (κ3) is 4.13. The second-order valence-corrected chi connectivity index (χ2v) is 4.82. The Morgan fingerprint density at radius 3 is 2.58 bits per heavy atom. The highest BCUT2D eigenvalue weighted by Gasteiger charge is 2.19. The average Bonchev–Trinajstić information content (AvgIpc) is 2.93. The number of hydrogen-bond donors (Lipinski definition) is 2. The van der Waals surface area contributed by atoms with E-state index in [9.17, 15) is 18.4 Å². The zero-order chi connectivity index (χ0) is 17.7. The van der Waals surface area contributed by atoms with Crippen molar-refractivity contribution in [2.45, 2.75) is 6.43 Å². The Hall–Kier alpha value is -3.28. The minimum atomic E-state index is -2.82. The molecule has 2 amide bonds. The number of hydrogen-bond acceptors (Lipinski definition) is 4. The fourth-order valence-electron chi connectivity index (χ4n) is 1.92. The van der Waals surface area contributed by atoms with Crippen LogP contribution in [0.15, 0.2) is 30.5 Å². The molecule has 0 saturated heterocycles. The van der Waals surface area contributed by atoms with Crippen molar-refractivity contribution in [3.63, 3.8) is 0 Å². The molecule has 0 unspecified atom stereocenters. The summed E-state index contributed by atoms with van der Waals surface area (Å²) < 4.78 is 26.7. The minimum absolute atomic E-state index is 0.106. The predicted molar refractivity (Wildman–Crippen MR) is 80.3 cm³/mol. The van der Waals surface area contributed by atoms with Crippen LogP contribution < -0.4 is 10.6 Å². The molecule has 0 spiro atoms. The summed E-state index contributed by atoms with van der Waals surface area (Å²) >= 11 is 0. The number of nitrogens with zero attached hydrogens (tertiary/aromatic N) is 3. The number of rotatable bonds is 5. The number of halogens is 2. The smallest absolute Gasteiger partial charge is 0.284 e. The summed E-state index contributed by atoms with van der Waals surface area (Å²) in [6, 6.07) is 7.76. The van der Waals surface area contributed by atoms with E-state index < -0.39 is 30.5 Å². The summed E-state index contributed by atoms with van der Waals surface area (Å²) in [5, 5.41) is 16.9. The van der Waals surface area contributed by atoms with Gasteiger partial charge in [0, 0.05) is 18.8 Å². The Balaban J connectivity index is 1.93. The normalized spacial score (nSPS) is 10.3. The van der Waals surface area contributed by atoms with Crippen LogP contribution in [0.25, 0.3) is 0 Å². The molecule has 1 aromatic heterocycles. The molecule has 0 radical (unpaired) electrons. The van der Waals surface area contributed by atoms with E-state index in [-0.39, 0.29) is 11.3 Å². The van der Waals surface area contributed by atoms with E-state index in [2.05, 4.69) is 15.7 Å². The highest BCUT2D eigenvalue weighted by atomic mass is 19.3. The molecular weight excluding hydrogens is 320 g/mol. The van der Waals surface area contributed by atoms with Crippen LogP contribution in [0, 0.1) is 11.3 Å². The summed E-state index contributed by atoms with van der Waals surface area (Å²) in [5.41, 5.74) is 0.0336. The largest absolute Gasteiger partial charge is 0.343 e. The lowest BCUT2D eigenvalue weighted by Gasteiger charge is -2.07. The van der Waals surface area contributed by atoms with Gasteiger partial charge in [0.05, 0.1) is 23.9 Å². The van der Waals surface area contributed by atoms with Crippen LogP contribution >= 0.6 is 0 Å². The van der Waals surface area contributed by atoms with Gasteiger partial charge >= 0.3 is 0 Å². The molecule has 24 heavy (non-hydrogen) atoms. The minimum Gasteiger partial charge on any atom is -0.343 e. The standard InChI is InChI=1S/C15H13F2N5O2/c1-22-8-11(13(21-22)14(16)17)20-12(23)7-19-15(24)10-4-2-9(6-18)3-5-10/h2-5,8,14H,7H2,1H3,(H,19,24)(H,20,23). The van der Waals surface area contributed by atoms with E-state index in [0.717, 1.165) is 4.68 Å². The molecule has 0 aliphatic carbocycles. The lowest BCUT2D eigenvalue weighted by atomic mass is 10.1.